The number of halogens is 1. The molecule has 12 nitrogen and oxygen atoms in total. The molecule has 2 N–H and O–H groups in total. The maximum Gasteiger partial charge on any atom is 0.320 e. The second-order valence-electron chi connectivity index (χ2n) is 11.1. The van der Waals surface area contributed by atoms with Gasteiger partial charge in [-0.1, -0.05) is 18.5 Å². The van der Waals surface area contributed by atoms with Crippen LogP contribution in [0.3, 0.4) is 0 Å². The second-order valence-corrected chi connectivity index (χ2v) is 12.5. The maximum absolute atomic E-state index is 12.7. The summed E-state index contributed by atoms with van der Waals surface area (Å²) >= 11 is 8.19. The van der Waals surface area contributed by atoms with Crippen molar-refractivity contribution >= 4 is 45.5 Å². The predicted octanol–water partition coefficient (Wildman–Crippen LogP) is 3.10. The molecule has 0 radical (unpaired) electrons. The summed E-state index contributed by atoms with van der Waals surface area (Å²) in [6.07, 6.45) is 1.62. The van der Waals surface area contributed by atoms with Gasteiger partial charge in [0, 0.05) is 50.6 Å². The molecule has 212 valence electrons. The van der Waals surface area contributed by atoms with Crippen LogP contribution in [0.4, 0.5) is 16.6 Å². The van der Waals surface area contributed by atoms with E-state index >= 15 is 0 Å². The minimum absolute atomic E-state index is 0.153. The number of amides is 1. The summed E-state index contributed by atoms with van der Waals surface area (Å²) in [5, 5.41) is 25.6. The van der Waals surface area contributed by atoms with E-state index in [0.717, 1.165) is 12.0 Å². The first kappa shape index (κ1) is 27.1. The number of carbonyl (C=O) groups excluding carboxylic acids is 1. The number of hydrogen-bond acceptors (Lipinski definition) is 11. The van der Waals surface area contributed by atoms with Crippen molar-refractivity contribution < 1.29 is 9.53 Å². The van der Waals surface area contributed by atoms with Crippen molar-refractivity contribution in [1.82, 2.24) is 24.6 Å². The van der Waals surface area contributed by atoms with Crippen LogP contribution in [0.1, 0.15) is 63.4 Å². The number of carbonyl (C=O) groups is 1. The van der Waals surface area contributed by atoms with Crippen molar-refractivity contribution in [1.29, 1.82) is 10.5 Å². The standard InChI is InChI=1S/C27H29ClN10O2S/c1-14-8-27(18-15(9-29)22(31)41-21(14)18)12-37(13-27)24-16(10-30)23(32-26(33-24)40-4)36-6-5-7-38-17(11-36)19(28)20(34-38)25(39)35(2)3/h14H,5-8,11-13,31H2,1-4H3. The molecule has 1 aliphatic carbocycles. The third kappa shape index (κ3) is 4.06. The zero-order valence-corrected chi connectivity index (χ0v) is 24.8. The van der Waals surface area contributed by atoms with Crippen LogP contribution in [0, 0.1) is 22.7 Å². The lowest BCUT2D eigenvalue weighted by molar-refractivity contribution is 0.0821. The Morgan fingerprint density at radius 3 is 2.49 bits per heavy atom. The van der Waals surface area contributed by atoms with E-state index < -0.39 is 0 Å². The van der Waals surface area contributed by atoms with Crippen molar-refractivity contribution in [2.45, 2.75) is 44.2 Å². The van der Waals surface area contributed by atoms with Crippen LogP contribution in [-0.4, -0.2) is 71.4 Å². The number of nitrogens with two attached hydrogens (primary N) is 1. The van der Waals surface area contributed by atoms with Gasteiger partial charge in [0.1, 0.15) is 22.7 Å². The number of thiophene rings is 1. The molecule has 0 bridgehead atoms. The number of rotatable bonds is 4. The van der Waals surface area contributed by atoms with Gasteiger partial charge in [0.05, 0.1) is 29.9 Å². The van der Waals surface area contributed by atoms with Crippen molar-refractivity contribution in [3.8, 4) is 18.1 Å². The number of nitrogen functional groups attached to an aromatic ring is 1. The van der Waals surface area contributed by atoms with Crippen molar-refractivity contribution in [3.05, 3.63) is 38.0 Å². The first-order chi connectivity index (χ1) is 19.6. The lowest BCUT2D eigenvalue weighted by atomic mass is 9.73. The summed E-state index contributed by atoms with van der Waals surface area (Å²) in [6.45, 7) is 4.87. The van der Waals surface area contributed by atoms with E-state index in [2.05, 4.69) is 39.0 Å². The van der Waals surface area contributed by atoms with Gasteiger partial charge in [0.2, 0.25) is 0 Å². The number of anilines is 3. The Labute approximate surface area is 246 Å². The quantitative estimate of drug-likeness (QED) is 0.478. The van der Waals surface area contributed by atoms with Gasteiger partial charge in [0.15, 0.2) is 17.3 Å². The molecule has 1 atom stereocenters. The minimum atomic E-state index is -0.270. The molecule has 3 aromatic rings. The van der Waals surface area contributed by atoms with Gasteiger partial charge in [-0.15, -0.1) is 11.3 Å². The first-order valence-electron chi connectivity index (χ1n) is 13.3. The van der Waals surface area contributed by atoms with Gasteiger partial charge < -0.3 is 25.2 Å². The number of ether oxygens (including phenoxy) is 1. The Hall–Kier alpha value is -4.07. The molecule has 3 aliphatic rings. The smallest absolute Gasteiger partial charge is 0.320 e. The molecule has 1 spiro atoms. The highest BCUT2D eigenvalue weighted by molar-refractivity contribution is 7.16. The number of fused-ring (bicyclic) bond motifs is 3. The van der Waals surface area contributed by atoms with Crippen LogP contribution in [0.25, 0.3) is 0 Å². The van der Waals surface area contributed by atoms with E-state index in [1.807, 2.05) is 4.90 Å². The maximum atomic E-state index is 12.7. The molecule has 0 aromatic carbocycles. The first-order valence-corrected chi connectivity index (χ1v) is 14.5. The van der Waals surface area contributed by atoms with Gasteiger partial charge in [-0.2, -0.15) is 25.6 Å². The van der Waals surface area contributed by atoms with Crippen LogP contribution < -0.4 is 20.3 Å². The van der Waals surface area contributed by atoms with Crippen LogP contribution in [0.2, 0.25) is 5.02 Å². The number of nitrogens with zero attached hydrogens (tertiary/aromatic N) is 9. The van der Waals surface area contributed by atoms with E-state index in [1.165, 1.54) is 28.2 Å². The number of methoxy groups -OCH3 is 1. The van der Waals surface area contributed by atoms with E-state index in [1.54, 1.807) is 18.8 Å². The summed E-state index contributed by atoms with van der Waals surface area (Å²) in [4.78, 5) is 28.5. The molecule has 3 aromatic heterocycles. The fourth-order valence-corrected chi connectivity index (χ4v) is 7.90. The monoisotopic (exact) mass is 592 g/mol. The van der Waals surface area contributed by atoms with E-state index in [0.29, 0.717) is 83.5 Å². The number of aromatic nitrogens is 4. The minimum Gasteiger partial charge on any atom is -0.467 e. The number of nitriles is 2. The lowest BCUT2D eigenvalue weighted by Gasteiger charge is -2.50. The fraction of sp³-hybridized carbons (Fsp3) is 0.481. The van der Waals surface area contributed by atoms with E-state index in [-0.39, 0.29) is 23.0 Å². The molecule has 1 fully saturated rings. The Morgan fingerprint density at radius 1 is 1.17 bits per heavy atom. The van der Waals surface area contributed by atoms with Gasteiger partial charge in [-0.25, -0.2) is 0 Å². The highest BCUT2D eigenvalue weighted by Crippen LogP contribution is 2.57. The third-order valence-corrected chi connectivity index (χ3v) is 9.87. The molecular formula is C27H29ClN10O2S. The van der Waals surface area contributed by atoms with Crippen LogP contribution in [0.5, 0.6) is 6.01 Å². The molecule has 2 aliphatic heterocycles. The molecular weight excluding hydrogens is 564 g/mol. The summed E-state index contributed by atoms with van der Waals surface area (Å²) in [5.41, 5.74) is 8.87. The van der Waals surface area contributed by atoms with E-state index in [9.17, 15) is 15.3 Å². The SMILES string of the molecule is COc1nc(N2CCCn3nc(C(=O)N(C)C)c(Cl)c3C2)c(C#N)c(N2CC3(CC(C)c4sc(N)c(C#N)c43)C2)n1. The molecule has 5 heterocycles. The Bertz CT molecular complexity index is 1660. The summed E-state index contributed by atoms with van der Waals surface area (Å²) in [7, 11) is 4.81. The summed E-state index contributed by atoms with van der Waals surface area (Å²) in [6, 6.07) is 4.82. The second kappa shape index (κ2) is 9.79. The molecule has 41 heavy (non-hydrogen) atoms. The molecule has 1 saturated heterocycles. The number of hydrogen-bond donors (Lipinski definition) is 1. The molecule has 1 amide bonds. The fourth-order valence-electron chi connectivity index (χ4n) is 6.43. The summed E-state index contributed by atoms with van der Waals surface area (Å²) < 4.78 is 7.25. The predicted molar refractivity (Wildman–Crippen MR) is 155 cm³/mol. The third-order valence-electron chi connectivity index (χ3n) is 8.22. The Kier molecular flexibility index (Phi) is 6.47. The van der Waals surface area contributed by atoms with Gasteiger partial charge >= 0.3 is 6.01 Å². The largest absolute Gasteiger partial charge is 0.467 e. The Balaban J connectivity index is 1.36. The summed E-state index contributed by atoms with van der Waals surface area (Å²) in [5.74, 6) is 0.979. The highest BCUT2D eigenvalue weighted by atomic mass is 35.5. The molecule has 0 saturated carbocycles. The van der Waals surface area contributed by atoms with E-state index in [4.69, 9.17) is 22.1 Å². The lowest BCUT2D eigenvalue weighted by Crippen LogP contribution is -2.59. The zero-order chi connectivity index (χ0) is 29.2. The average Bonchev–Trinajstić information content (AvgIpc) is 3.46. The van der Waals surface area contributed by atoms with Crippen molar-refractivity contribution in [2.75, 3.05) is 56.4 Å². The normalized spacial score (nSPS) is 18.7. The van der Waals surface area contributed by atoms with Crippen LogP contribution in [0.15, 0.2) is 0 Å². The van der Waals surface area contributed by atoms with Gasteiger partial charge in [-0.05, 0) is 24.3 Å². The van der Waals surface area contributed by atoms with Crippen LogP contribution in [-0.2, 0) is 18.5 Å². The highest BCUT2D eigenvalue weighted by Gasteiger charge is 2.54. The van der Waals surface area contributed by atoms with Crippen molar-refractivity contribution in [3.63, 3.8) is 0 Å². The average molecular weight is 593 g/mol. The zero-order valence-electron chi connectivity index (χ0n) is 23.2. The van der Waals surface area contributed by atoms with Gasteiger partial charge in [0.25, 0.3) is 5.91 Å². The molecule has 6 rings (SSSR count). The van der Waals surface area contributed by atoms with Gasteiger partial charge in [-0.3, -0.25) is 9.48 Å². The van der Waals surface area contributed by atoms with Crippen LogP contribution >= 0.6 is 22.9 Å². The number of aryl methyl sites for hydroxylation is 1. The molecule has 14 heteroatoms. The Morgan fingerprint density at radius 2 is 1.85 bits per heavy atom. The topological polar surface area (TPSA) is 153 Å². The van der Waals surface area contributed by atoms with Crippen molar-refractivity contribution in [2.24, 2.45) is 0 Å². The molecule has 1 unspecified atom stereocenters.